The Morgan fingerprint density at radius 2 is 1.82 bits per heavy atom. The van der Waals surface area contributed by atoms with Gasteiger partial charge in [0.2, 0.25) is 0 Å². The van der Waals surface area contributed by atoms with Gasteiger partial charge in [-0.2, -0.15) is 0 Å². The SMILES string of the molecule is CCCC1CCC2CC(c3ccc4cc(C(=O)O)cc(F)c4c3F)CCC2C1. The van der Waals surface area contributed by atoms with Crippen LogP contribution in [-0.4, -0.2) is 11.1 Å². The molecule has 0 amide bonds. The second-order valence-electron chi connectivity index (χ2n) is 8.83. The van der Waals surface area contributed by atoms with Gasteiger partial charge in [-0.3, -0.25) is 0 Å². The van der Waals surface area contributed by atoms with Gasteiger partial charge in [0.15, 0.2) is 0 Å². The summed E-state index contributed by atoms with van der Waals surface area (Å²) < 4.78 is 29.7. The molecule has 4 heteroatoms. The molecule has 2 fully saturated rings. The van der Waals surface area contributed by atoms with Crippen molar-refractivity contribution in [2.45, 2.75) is 64.2 Å². The molecule has 4 rings (SSSR count). The third-order valence-corrected chi connectivity index (χ3v) is 7.14. The highest BCUT2D eigenvalue weighted by molar-refractivity contribution is 5.95. The molecule has 28 heavy (non-hydrogen) atoms. The van der Waals surface area contributed by atoms with E-state index in [1.807, 2.05) is 0 Å². The van der Waals surface area contributed by atoms with E-state index in [4.69, 9.17) is 5.11 Å². The molecule has 4 unspecified atom stereocenters. The Hall–Kier alpha value is -1.97. The molecule has 1 N–H and O–H groups in total. The fourth-order valence-electron chi connectivity index (χ4n) is 5.77. The van der Waals surface area contributed by atoms with E-state index in [1.54, 1.807) is 12.1 Å². The van der Waals surface area contributed by atoms with Crippen molar-refractivity contribution in [3.05, 3.63) is 47.0 Å². The van der Waals surface area contributed by atoms with Crippen LogP contribution in [0.25, 0.3) is 10.8 Å². The number of carbonyl (C=O) groups is 1. The second-order valence-corrected chi connectivity index (χ2v) is 8.83. The van der Waals surface area contributed by atoms with Crippen molar-refractivity contribution in [3.63, 3.8) is 0 Å². The summed E-state index contributed by atoms with van der Waals surface area (Å²) in [6.45, 7) is 2.25. The summed E-state index contributed by atoms with van der Waals surface area (Å²) in [5.41, 5.74) is 0.449. The van der Waals surface area contributed by atoms with Crippen LogP contribution in [0, 0.1) is 29.4 Å². The highest BCUT2D eigenvalue weighted by Crippen LogP contribution is 2.49. The number of carboxylic acids is 1. The predicted molar refractivity (Wildman–Crippen MR) is 107 cm³/mol. The van der Waals surface area contributed by atoms with Crippen molar-refractivity contribution >= 4 is 16.7 Å². The zero-order chi connectivity index (χ0) is 19.8. The van der Waals surface area contributed by atoms with E-state index in [0.29, 0.717) is 16.9 Å². The number of rotatable bonds is 4. The Morgan fingerprint density at radius 3 is 2.57 bits per heavy atom. The standard InChI is InChI=1S/C24H28F2O2/c1-2-3-14-4-5-16-11-17(7-6-15(16)10-14)20-9-8-18-12-19(24(27)28)13-21(25)22(18)23(20)26/h8-9,12-17H,2-7,10-11H2,1H3,(H,27,28). The van der Waals surface area contributed by atoms with Crippen LogP contribution >= 0.6 is 0 Å². The van der Waals surface area contributed by atoms with Gasteiger partial charge in [-0.05, 0) is 78.9 Å². The van der Waals surface area contributed by atoms with E-state index in [2.05, 4.69) is 6.92 Å². The molecule has 0 bridgehead atoms. The molecule has 0 spiro atoms. The first-order valence-corrected chi connectivity index (χ1v) is 10.6. The van der Waals surface area contributed by atoms with E-state index in [9.17, 15) is 9.18 Å². The summed E-state index contributed by atoms with van der Waals surface area (Å²) in [7, 11) is 0. The van der Waals surface area contributed by atoms with E-state index in [-0.39, 0.29) is 16.9 Å². The molecular weight excluding hydrogens is 358 g/mol. The van der Waals surface area contributed by atoms with Crippen LogP contribution in [0.5, 0.6) is 0 Å². The fraction of sp³-hybridized carbons (Fsp3) is 0.542. The maximum atomic E-state index is 15.2. The number of hydrogen-bond donors (Lipinski definition) is 1. The molecule has 0 saturated heterocycles. The van der Waals surface area contributed by atoms with Crippen LogP contribution in [0.3, 0.4) is 0 Å². The summed E-state index contributed by atoms with van der Waals surface area (Å²) in [6, 6.07) is 5.69. The summed E-state index contributed by atoms with van der Waals surface area (Å²) in [4.78, 5) is 11.1. The number of benzene rings is 2. The number of carboxylic acid groups (broad SMARTS) is 1. The second kappa shape index (κ2) is 7.81. The smallest absolute Gasteiger partial charge is 0.335 e. The number of halogens is 2. The average molecular weight is 386 g/mol. The van der Waals surface area contributed by atoms with E-state index >= 15 is 4.39 Å². The third-order valence-electron chi connectivity index (χ3n) is 7.14. The van der Waals surface area contributed by atoms with E-state index < -0.39 is 17.6 Å². The maximum Gasteiger partial charge on any atom is 0.335 e. The molecule has 0 heterocycles. The molecular formula is C24H28F2O2. The van der Waals surface area contributed by atoms with Crippen molar-refractivity contribution in [2.24, 2.45) is 17.8 Å². The Bertz CT molecular complexity index is 892. The molecule has 2 saturated carbocycles. The highest BCUT2D eigenvalue weighted by Gasteiger charge is 2.36. The van der Waals surface area contributed by atoms with Gasteiger partial charge in [-0.25, -0.2) is 13.6 Å². The fourth-order valence-corrected chi connectivity index (χ4v) is 5.77. The number of hydrogen-bond acceptors (Lipinski definition) is 1. The molecule has 0 aliphatic heterocycles. The molecule has 4 atom stereocenters. The predicted octanol–water partition coefficient (Wildman–Crippen LogP) is 6.92. The first-order valence-electron chi connectivity index (χ1n) is 10.6. The molecule has 150 valence electrons. The monoisotopic (exact) mass is 386 g/mol. The van der Waals surface area contributed by atoms with Crippen LogP contribution in [0.4, 0.5) is 8.78 Å². The van der Waals surface area contributed by atoms with Gasteiger partial charge in [-0.15, -0.1) is 0 Å². The molecule has 0 radical (unpaired) electrons. The number of fused-ring (bicyclic) bond motifs is 2. The lowest BCUT2D eigenvalue weighted by Gasteiger charge is -2.42. The van der Waals surface area contributed by atoms with Gasteiger partial charge >= 0.3 is 5.97 Å². The topological polar surface area (TPSA) is 37.3 Å². The summed E-state index contributed by atoms with van der Waals surface area (Å²) in [5.74, 6) is -0.0916. The highest BCUT2D eigenvalue weighted by atomic mass is 19.1. The molecule has 2 aliphatic carbocycles. The normalized spacial score (nSPS) is 27.5. The summed E-state index contributed by atoms with van der Waals surface area (Å²) in [5, 5.41) is 9.34. The van der Waals surface area contributed by atoms with E-state index in [1.165, 1.54) is 38.2 Å². The Morgan fingerprint density at radius 1 is 1.07 bits per heavy atom. The van der Waals surface area contributed by atoms with Crippen molar-refractivity contribution in [3.8, 4) is 0 Å². The van der Waals surface area contributed by atoms with Crippen molar-refractivity contribution in [1.29, 1.82) is 0 Å². The van der Waals surface area contributed by atoms with Crippen LogP contribution in [0.1, 0.15) is 80.1 Å². The van der Waals surface area contributed by atoms with Crippen LogP contribution in [0.2, 0.25) is 0 Å². The van der Waals surface area contributed by atoms with Gasteiger partial charge in [-0.1, -0.05) is 38.3 Å². The lowest BCUT2D eigenvalue weighted by atomic mass is 9.63. The average Bonchev–Trinajstić information content (AvgIpc) is 2.67. The molecule has 0 aromatic heterocycles. The van der Waals surface area contributed by atoms with Gasteiger partial charge in [0.25, 0.3) is 0 Å². The van der Waals surface area contributed by atoms with Crippen molar-refractivity contribution in [1.82, 2.24) is 0 Å². The minimum Gasteiger partial charge on any atom is -0.478 e. The van der Waals surface area contributed by atoms with E-state index in [0.717, 1.165) is 37.2 Å². The molecule has 2 nitrogen and oxygen atoms in total. The molecule has 2 aliphatic rings. The van der Waals surface area contributed by atoms with Gasteiger partial charge in [0, 0.05) is 0 Å². The first kappa shape index (κ1) is 19.4. The molecule has 2 aromatic carbocycles. The van der Waals surface area contributed by atoms with Crippen molar-refractivity contribution < 1.29 is 18.7 Å². The Balaban J connectivity index is 1.59. The zero-order valence-corrected chi connectivity index (χ0v) is 16.4. The van der Waals surface area contributed by atoms with Crippen LogP contribution < -0.4 is 0 Å². The van der Waals surface area contributed by atoms with Crippen LogP contribution in [0.15, 0.2) is 24.3 Å². The minimum absolute atomic E-state index is 0.0729. The maximum absolute atomic E-state index is 15.2. The zero-order valence-electron chi connectivity index (χ0n) is 16.4. The lowest BCUT2D eigenvalue weighted by Crippen LogP contribution is -2.30. The van der Waals surface area contributed by atoms with Gasteiger partial charge in [0.05, 0.1) is 10.9 Å². The van der Waals surface area contributed by atoms with Crippen LogP contribution in [-0.2, 0) is 0 Å². The molecule has 2 aromatic rings. The third kappa shape index (κ3) is 3.54. The number of aromatic carboxylic acids is 1. The Kier molecular flexibility index (Phi) is 5.39. The van der Waals surface area contributed by atoms with Gasteiger partial charge in [0.1, 0.15) is 11.6 Å². The first-order chi connectivity index (χ1) is 13.5. The summed E-state index contributed by atoms with van der Waals surface area (Å²) >= 11 is 0. The van der Waals surface area contributed by atoms with Crippen molar-refractivity contribution in [2.75, 3.05) is 0 Å². The lowest BCUT2D eigenvalue weighted by molar-refractivity contribution is 0.0696. The summed E-state index contributed by atoms with van der Waals surface area (Å²) in [6.07, 6.45) is 9.49. The minimum atomic E-state index is -1.21. The quantitative estimate of drug-likeness (QED) is 0.619. The Labute approximate surface area is 164 Å². The van der Waals surface area contributed by atoms with Gasteiger partial charge < -0.3 is 5.11 Å². The largest absolute Gasteiger partial charge is 0.478 e.